The quantitative estimate of drug-likeness (QED) is 0.503. The maximum absolute atomic E-state index is 9.79. The van der Waals surface area contributed by atoms with Gasteiger partial charge in [0.1, 0.15) is 6.10 Å². The first-order chi connectivity index (χ1) is 7.63. The van der Waals surface area contributed by atoms with Crippen molar-refractivity contribution in [3.63, 3.8) is 0 Å². The standard InChI is InChI=1S/C10H13N3O2S/c11-10-6-2-1-5(3-7(6)12-13-10)9(15)8(14)4-16/h1-3,8-9,14-16H,4H2,(H3,11,12,13). The van der Waals surface area contributed by atoms with E-state index in [1.807, 2.05) is 0 Å². The Hall–Kier alpha value is -1.24. The summed E-state index contributed by atoms with van der Waals surface area (Å²) < 4.78 is 0. The second-order valence-electron chi connectivity index (χ2n) is 3.61. The minimum atomic E-state index is -0.952. The Labute approximate surface area is 97.7 Å². The van der Waals surface area contributed by atoms with E-state index >= 15 is 0 Å². The summed E-state index contributed by atoms with van der Waals surface area (Å²) in [4.78, 5) is 0. The van der Waals surface area contributed by atoms with Gasteiger partial charge in [0.25, 0.3) is 0 Å². The van der Waals surface area contributed by atoms with E-state index in [1.165, 1.54) is 0 Å². The molecule has 2 aromatic rings. The minimum absolute atomic E-state index is 0.199. The lowest BCUT2D eigenvalue weighted by Crippen LogP contribution is -2.19. The largest absolute Gasteiger partial charge is 0.389 e. The van der Waals surface area contributed by atoms with Crippen LogP contribution in [0.2, 0.25) is 0 Å². The highest BCUT2D eigenvalue weighted by Gasteiger charge is 2.17. The van der Waals surface area contributed by atoms with E-state index in [4.69, 9.17) is 5.73 Å². The molecule has 1 aromatic carbocycles. The summed E-state index contributed by atoms with van der Waals surface area (Å²) >= 11 is 3.93. The van der Waals surface area contributed by atoms with E-state index in [0.29, 0.717) is 11.4 Å². The van der Waals surface area contributed by atoms with Crippen molar-refractivity contribution in [1.82, 2.24) is 10.2 Å². The first-order valence-electron chi connectivity index (χ1n) is 4.84. The molecule has 0 saturated heterocycles. The molecule has 0 bridgehead atoms. The summed E-state index contributed by atoms with van der Waals surface area (Å²) in [5.41, 5.74) is 6.97. The summed E-state index contributed by atoms with van der Waals surface area (Å²) in [6, 6.07) is 5.19. The Morgan fingerprint density at radius 3 is 2.88 bits per heavy atom. The molecule has 2 unspecified atom stereocenters. The number of aromatic nitrogens is 2. The smallest absolute Gasteiger partial charge is 0.153 e. The van der Waals surface area contributed by atoms with Crippen LogP contribution in [-0.4, -0.2) is 32.3 Å². The third-order valence-electron chi connectivity index (χ3n) is 2.51. The van der Waals surface area contributed by atoms with Crippen LogP contribution in [0, 0.1) is 0 Å². The number of H-pyrrole nitrogens is 1. The van der Waals surface area contributed by atoms with Gasteiger partial charge in [-0.2, -0.15) is 17.7 Å². The molecule has 0 radical (unpaired) electrons. The fourth-order valence-corrected chi connectivity index (χ4v) is 1.76. The summed E-state index contributed by atoms with van der Waals surface area (Å²) in [6.45, 7) is 0. The van der Waals surface area contributed by atoms with E-state index in [-0.39, 0.29) is 5.75 Å². The number of aliphatic hydroxyl groups excluding tert-OH is 2. The van der Waals surface area contributed by atoms with Gasteiger partial charge in [-0.05, 0) is 17.7 Å². The lowest BCUT2D eigenvalue weighted by atomic mass is 10.0. The normalized spacial score (nSPS) is 15.2. The molecule has 1 aromatic heterocycles. The molecule has 2 atom stereocenters. The number of nitrogens with two attached hydrogens (primary N) is 1. The number of fused-ring (bicyclic) bond motifs is 1. The van der Waals surface area contributed by atoms with Gasteiger partial charge in [-0.25, -0.2) is 0 Å². The first kappa shape index (κ1) is 11.3. The van der Waals surface area contributed by atoms with Crippen molar-refractivity contribution in [3.8, 4) is 0 Å². The number of thiol groups is 1. The highest BCUT2D eigenvalue weighted by molar-refractivity contribution is 7.80. The van der Waals surface area contributed by atoms with Crippen molar-refractivity contribution in [1.29, 1.82) is 0 Å². The number of anilines is 1. The molecule has 86 valence electrons. The maximum Gasteiger partial charge on any atom is 0.153 e. The number of hydrogen-bond acceptors (Lipinski definition) is 5. The predicted octanol–water partition coefficient (Wildman–Crippen LogP) is 0.469. The van der Waals surface area contributed by atoms with Crippen molar-refractivity contribution < 1.29 is 10.2 Å². The van der Waals surface area contributed by atoms with Gasteiger partial charge in [0.2, 0.25) is 0 Å². The molecule has 0 aliphatic carbocycles. The third kappa shape index (κ3) is 1.87. The Morgan fingerprint density at radius 1 is 1.44 bits per heavy atom. The fraction of sp³-hybridized carbons (Fsp3) is 0.300. The predicted molar refractivity (Wildman–Crippen MR) is 65.3 cm³/mol. The molecule has 2 rings (SSSR count). The third-order valence-corrected chi connectivity index (χ3v) is 2.88. The molecule has 0 aliphatic heterocycles. The van der Waals surface area contributed by atoms with Gasteiger partial charge in [0.15, 0.2) is 5.82 Å². The molecule has 6 heteroatoms. The van der Waals surface area contributed by atoms with Crippen LogP contribution in [0.5, 0.6) is 0 Å². The summed E-state index contributed by atoms with van der Waals surface area (Å²) in [5, 5.41) is 26.7. The van der Waals surface area contributed by atoms with Gasteiger partial charge in [0.05, 0.1) is 11.6 Å². The van der Waals surface area contributed by atoms with Crippen LogP contribution in [0.25, 0.3) is 10.9 Å². The number of hydrogen-bond donors (Lipinski definition) is 5. The summed E-state index contributed by atoms with van der Waals surface area (Å²) in [7, 11) is 0. The average Bonchev–Trinajstić information content (AvgIpc) is 2.68. The van der Waals surface area contributed by atoms with Crippen molar-refractivity contribution in [2.45, 2.75) is 12.2 Å². The van der Waals surface area contributed by atoms with Crippen LogP contribution in [0.15, 0.2) is 18.2 Å². The Kier molecular flexibility index (Phi) is 3.04. The topological polar surface area (TPSA) is 95.2 Å². The van der Waals surface area contributed by atoms with Crippen molar-refractivity contribution in [3.05, 3.63) is 23.8 Å². The first-order valence-corrected chi connectivity index (χ1v) is 5.47. The molecule has 16 heavy (non-hydrogen) atoms. The van der Waals surface area contributed by atoms with Crippen LogP contribution in [-0.2, 0) is 0 Å². The molecule has 0 saturated carbocycles. The fourth-order valence-electron chi connectivity index (χ4n) is 1.56. The summed E-state index contributed by atoms with van der Waals surface area (Å²) in [5.74, 6) is 0.621. The van der Waals surface area contributed by atoms with Gasteiger partial charge in [-0.1, -0.05) is 6.07 Å². The number of aliphatic hydroxyl groups is 2. The van der Waals surface area contributed by atoms with E-state index in [1.54, 1.807) is 18.2 Å². The van der Waals surface area contributed by atoms with E-state index in [2.05, 4.69) is 22.8 Å². The number of nitrogens with zero attached hydrogens (tertiary/aromatic N) is 1. The van der Waals surface area contributed by atoms with E-state index in [0.717, 1.165) is 10.9 Å². The highest BCUT2D eigenvalue weighted by atomic mass is 32.1. The van der Waals surface area contributed by atoms with Gasteiger partial charge in [-0.3, -0.25) is 5.10 Å². The molecule has 5 N–H and O–H groups in total. The summed E-state index contributed by atoms with van der Waals surface area (Å²) in [6.07, 6.45) is -1.84. The van der Waals surface area contributed by atoms with E-state index in [9.17, 15) is 10.2 Å². The molecule has 1 heterocycles. The van der Waals surface area contributed by atoms with Gasteiger partial charge < -0.3 is 15.9 Å². The molecule has 0 fully saturated rings. The average molecular weight is 239 g/mol. The molecular weight excluding hydrogens is 226 g/mol. The highest BCUT2D eigenvalue weighted by Crippen LogP contribution is 2.24. The zero-order valence-electron chi connectivity index (χ0n) is 8.46. The Morgan fingerprint density at radius 2 is 2.19 bits per heavy atom. The maximum atomic E-state index is 9.79. The van der Waals surface area contributed by atoms with Crippen molar-refractivity contribution in [2.75, 3.05) is 11.5 Å². The molecule has 0 amide bonds. The number of benzene rings is 1. The Bertz CT molecular complexity index is 500. The van der Waals surface area contributed by atoms with Crippen LogP contribution in [0.4, 0.5) is 5.82 Å². The Balaban J connectivity index is 2.39. The molecule has 0 aliphatic rings. The van der Waals surface area contributed by atoms with Crippen LogP contribution < -0.4 is 5.73 Å². The van der Waals surface area contributed by atoms with Gasteiger partial charge in [-0.15, -0.1) is 0 Å². The second kappa shape index (κ2) is 4.32. The number of nitrogen functional groups attached to an aromatic ring is 1. The van der Waals surface area contributed by atoms with Crippen LogP contribution >= 0.6 is 12.6 Å². The second-order valence-corrected chi connectivity index (χ2v) is 3.97. The van der Waals surface area contributed by atoms with Crippen molar-refractivity contribution in [2.24, 2.45) is 0 Å². The SMILES string of the molecule is Nc1n[nH]c2cc(C(O)C(O)CS)ccc12. The van der Waals surface area contributed by atoms with Crippen LogP contribution in [0.3, 0.4) is 0 Å². The van der Waals surface area contributed by atoms with E-state index < -0.39 is 12.2 Å². The number of nitrogens with one attached hydrogen (secondary N) is 1. The lowest BCUT2D eigenvalue weighted by molar-refractivity contribution is 0.0338. The van der Waals surface area contributed by atoms with Crippen LogP contribution in [0.1, 0.15) is 11.7 Å². The monoisotopic (exact) mass is 239 g/mol. The number of rotatable bonds is 3. The lowest BCUT2D eigenvalue weighted by Gasteiger charge is -2.15. The molecule has 5 nitrogen and oxygen atoms in total. The molecular formula is C10H13N3O2S. The zero-order chi connectivity index (χ0) is 11.7. The van der Waals surface area contributed by atoms with Gasteiger partial charge in [0, 0.05) is 11.1 Å². The van der Waals surface area contributed by atoms with Crippen molar-refractivity contribution >= 4 is 29.3 Å². The van der Waals surface area contributed by atoms with Gasteiger partial charge >= 0.3 is 0 Å². The minimum Gasteiger partial charge on any atom is -0.389 e. The number of aromatic amines is 1. The molecule has 0 spiro atoms. The zero-order valence-corrected chi connectivity index (χ0v) is 9.35.